The first-order valence-corrected chi connectivity index (χ1v) is 5.68. The summed E-state index contributed by atoms with van der Waals surface area (Å²) in [5.41, 5.74) is 5.33. The Hall–Kier alpha value is -2.42. The molecule has 0 saturated carbocycles. The summed E-state index contributed by atoms with van der Waals surface area (Å²) in [4.78, 5) is 15.1. The zero-order chi connectivity index (χ0) is 14.5. The summed E-state index contributed by atoms with van der Waals surface area (Å²) in [5.74, 6) is 5.38. The number of anilines is 1. The van der Waals surface area contributed by atoms with Gasteiger partial charge in [-0.25, -0.2) is 9.78 Å². The van der Waals surface area contributed by atoms with Gasteiger partial charge in [-0.2, -0.15) is 0 Å². The monoisotopic (exact) mass is 263 g/mol. The number of pyridine rings is 1. The van der Waals surface area contributed by atoms with Gasteiger partial charge in [0.15, 0.2) is 11.6 Å². The minimum atomic E-state index is -0.538. The van der Waals surface area contributed by atoms with Crippen LogP contribution in [0.3, 0.4) is 0 Å². The Morgan fingerprint density at radius 1 is 1.58 bits per heavy atom. The van der Waals surface area contributed by atoms with Crippen LogP contribution in [0.1, 0.15) is 26.3 Å². The molecule has 0 saturated heterocycles. The highest BCUT2D eigenvalue weighted by molar-refractivity contribution is 5.68. The third-order valence-electron chi connectivity index (χ3n) is 1.85. The number of alkyl carbamates (subject to hydrolysis) is 1. The summed E-state index contributed by atoms with van der Waals surface area (Å²) in [6.45, 7) is 5.48. The van der Waals surface area contributed by atoms with Crippen molar-refractivity contribution in [2.75, 3.05) is 12.3 Å². The van der Waals surface area contributed by atoms with Crippen molar-refractivity contribution in [2.45, 2.75) is 26.4 Å². The first-order chi connectivity index (χ1) is 8.78. The average molecular weight is 263 g/mol. The number of nitrogens with zero attached hydrogens (tertiary/aromatic N) is 1. The van der Waals surface area contributed by atoms with E-state index in [4.69, 9.17) is 10.5 Å². The Morgan fingerprint density at radius 3 is 2.84 bits per heavy atom. The van der Waals surface area contributed by atoms with E-state index in [-0.39, 0.29) is 18.1 Å². The number of nitrogen functional groups attached to an aromatic ring is 1. The van der Waals surface area contributed by atoms with Gasteiger partial charge in [-0.15, -0.1) is 0 Å². The Balaban J connectivity index is 2.47. The Bertz CT molecular complexity index is 524. The molecule has 1 aromatic rings. The molecule has 0 bridgehead atoms. The summed E-state index contributed by atoms with van der Waals surface area (Å²) < 4.78 is 5.04. The lowest BCUT2D eigenvalue weighted by atomic mass is 10.2. The van der Waals surface area contributed by atoms with Crippen LogP contribution in [0.15, 0.2) is 12.3 Å². The molecule has 0 fully saturated rings. The van der Waals surface area contributed by atoms with Crippen molar-refractivity contribution in [3.8, 4) is 17.6 Å². The van der Waals surface area contributed by atoms with Crippen molar-refractivity contribution in [2.24, 2.45) is 0 Å². The molecule has 102 valence electrons. The second-order valence-electron chi connectivity index (χ2n) is 4.79. The molecule has 1 aromatic heterocycles. The molecule has 0 aliphatic carbocycles. The first kappa shape index (κ1) is 14.6. The van der Waals surface area contributed by atoms with Gasteiger partial charge in [0.05, 0.1) is 6.54 Å². The van der Waals surface area contributed by atoms with E-state index in [2.05, 4.69) is 22.1 Å². The minimum Gasteiger partial charge on any atom is -0.504 e. The standard InChI is InChI=1S/C13H17N3O3/c1-13(2,3)19-12(18)15-6-4-5-9-7-10(17)11(14)16-8-9/h7-8,17H,6H2,1-3H3,(H2,14,16)(H,15,18). The van der Waals surface area contributed by atoms with Crippen LogP contribution in [0.5, 0.6) is 5.75 Å². The SMILES string of the molecule is CC(C)(C)OC(=O)NCC#Cc1cnc(N)c(O)c1. The Labute approximate surface area is 112 Å². The largest absolute Gasteiger partial charge is 0.504 e. The van der Waals surface area contributed by atoms with Gasteiger partial charge in [-0.3, -0.25) is 0 Å². The predicted octanol–water partition coefficient (Wildman–Crippen LogP) is 1.25. The van der Waals surface area contributed by atoms with Crippen molar-refractivity contribution in [1.29, 1.82) is 0 Å². The van der Waals surface area contributed by atoms with Gasteiger partial charge in [0.2, 0.25) is 0 Å². The van der Waals surface area contributed by atoms with E-state index >= 15 is 0 Å². The summed E-state index contributed by atoms with van der Waals surface area (Å²) in [6, 6.07) is 1.41. The fraction of sp³-hybridized carbons (Fsp3) is 0.385. The fourth-order valence-electron chi connectivity index (χ4n) is 1.11. The number of carbonyl (C=O) groups is 1. The molecule has 0 aromatic carbocycles. The quantitative estimate of drug-likeness (QED) is 0.662. The first-order valence-electron chi connectivity index (χ1n) is 5.68. The zero-order valence-electron chi connectivity index (χ0n) is 11.2. The third kappa shape index (κ3) is 5.64. The van der Waals surface area contributed by atoms with Crippen molar-refractivity contribution in [3.05, 3.63) is 17.8 Å². The maximum atomic E-state index is 11.3. The van der Waals surface area contributed by atoms with Gasteiger partial charge in [-0.05, 0) is 20.8 Å². The molecular formula is C13H17N3O3. The number of nitrogens with two attached hydrogens (primary N) is 1. The van der Waals surface area contributed by atoms with Crippen LogP contribution in [-0.2, 0) is 4.74 Å². The number of rotatable bonds is 1. The topological polar surface area (TPSA) is 97.5 Å². The molecule has 1 rings (SSSR count). The van der Waals surface area contributed by atoms with Crippen molar-refractivity contribution in [3.63, 3.8) is 0 Å². The number of aromatic nitrogens is 1. The molecule has 1 heterocycles. The lowest BCUT2D eigenvalue weighted by molar-refractivity contribution is 0.0535. The van der Waals surface area contributed by atoms with Crippen molar-refractivity contribution >= 4 is 11.9 Å². The number of aromatic hydroxyl groups is 1. The van der Waals surface area contributed by atoms with E-state index in [1.807, 2.05) is 0 Å². The Kier molecular flexibility index (Phi) is 4.59. The van der Waals surface area contributed by atoms with Gasteiger partial charge < -0.3 is 20.9 Å². The minimum absolute atomic E-state index is 0.0532. The van der Waals surface area contributed by atoms with Crippen molar-refractivity contribution in [1.82, 2.24) is 10.3 Å². The lowest BCUT2D eigenvalue weighted by Gasteiger charge is -2.18. The molecule has 0 aliphatic heterocycles. The lowest BCUT2D eigenvalue weighted by Crippen LogP contribution is -2.32. The molecule has 0 spiro atoms. The normalized spacial score (nSPS) is 10.3. The van der Waals surface area contributed by atoms with E-state index in [0.717, 1.165) is 0 Å². The van der Waals surface area contributed by atoms with Crippen LogP contribution in [0, 0.1) is 11.8 Å². The molecule has 4 N–H and O–H groups in total. The van der Waals surface area contributed by atoms with Gasteiger partial charge in [0.1, 0.15) is 5.60 Å². The highest BCUT2D eigenvalue weighted by atomic mass is 16.6. The van der Waals surface area contributed by atoms with E-state index in [9.17, 15) is 9.90 Å². The average Bonchev–Trinajstić information content (AvgIpc) is 2.27. The van der Waals surface area contributed by atoms with Gasteiger partial charge in [0.25, 0.3) is 0 Å². The number of amides is 1. The number of carbonyl (C=O) groups excluding carboxylic acids is 1. The summed E-state index contributed by atoms with van der Waals surface area (Å²) in [6.07, 6.45) is 0.912. The van der Waals surface area contributed by atoms with Gasteiger partial charge in [-0.1, -0.05) is 11.8 Å². The number of hydrogen-bond acceptors (Lipinski definition) is 5. The maximum absolute atomic E-state index is 11.3. The Morgan fingerprint density at radius 2 is 2.26 bits per heavy atom. The third-order valence-corrected chi connectivity index (χ3v) is 1.85. The molecule has 0 radical (unpaired) electrons. The second-order valence-corrected chi connectivity index (χ2v) is 4.79. The van der Waals surface area contributed by atoms with Gasteiger partial charge in [0, 0.05) is 17.8 Å². The van der Waals surface area contributed by atoms with Crippen LogP contribution in [0.4, 0.5) is 10.6 Å². The molecule has 0 aliphatic rings. The smallest absolute Gasteiger partial charge is 0.408 e. The summed E-state index contributed by atoms with van der Waals surface area (Å²) in [7, 11) is 0. The number of nitrogens with one attached hydrogen (secondary N) is 1. The van der Waals surface area contributed by atoms with Crippen molar-refractivity contribution < 1.29 is 14.6 Å². The molecule has 0 atom stereocenters. The van der Waals surface area contributed by atoms with E-state index in [1.165, 1.54) is 12.3 Å². The van der Waals surface area contributed by atoms with Crippen LogP contribution >= 0.6 is 0 Å². The molecule has 1 amide bonds. The molecule has 19 heavy (non-hydrogen) atoms. The maximum Gasteiger partial charge on any atom is 0.408 e. The highest BCUT2D eigenvalue weighted by Crippen LogP contribution is 2.16. The summed E-state index contributed by atoms with van der Waals surface area (Å²) >= 11 is 0. The van der Waals surface area contributed by atoms with Crippen LogP contribution < -0.4 is 11.1 Å². The molecular weight excluding hydrogens is 246 g/mol. The summed E-state index contributed by atoms with van der Waals surface area (Å²) in [5, 5.41) is 11.8. The van der Waals surface area contributed by atoms with Crippen LogP contribution in [0.25, 0.3) is 0 Å². The highest BCUT2D eigenvalue weighted by Gasteiger charge is 2.14. The molecule has 6 nitrogen and oxygen atoms in total. The predicted molar refractivity (Wildman–Crippen MR) is 71.4 cm³/mol. The van der Waals surface area contributed by atoms with E-state index in [0.29, 0.717) is 5.56 Å². The zero-order valence-corrected chi connectivity index (χ0v) is 11.2. The van der Waals surface area contributed by atoms with Crippen LogP contribution in [0.2, 0.25) is 0 Å². The second kappa shape index (κ2) is 5.96. The fourth-order valence-corrected chi connectivity index (χ4v) is 1.11. The van der Waals surface area contributed by atoms with Gasteiger partial charge >= 0.3 is 6.09 Å². The molecule has 6 heteroatoms. The van der Waals surface area contributed by atoms with E-state index < -0.39 is 11.7 Å². The molecule has 0 unspecified atom stereocenters. The number of hydrogen-bond donors (Lipinski definition) is 3. The van der Waals surface area contributed by atoms with Crippen LogP contribution in [-0.4, -0.2) is 28.3 Å². The number of ether oxygens (including phenoxy) is 1. The van der Waals surface area contributed by atoms with E-state index in [1.54, 1.807) is 20.8 Å².